The molecule has 198 valence electrons. The molecule has 0 aliphatic carbocycles. The average molecular weight is 518 g/mol. The summed E-state index contributed by atoms with van der Waals surface area (Å²) >= 11 is 0. The summed E-state index contributed by atoms with van der Waals surface area (Å²) in [5.74, 6) is 0.284. The van der Waals surface area contributed by atoms with Crippen LogP contribution in [0.25, 0.3) is 0 Å². The van der Waals surface area contributed by atoms with Crippen LogP contribution in [-0.2, 0) is 26.2 Å². The molecule has 36 heavy (non-hydrogen) atoms. The Kier molecular flexibility index (Phi) is 11.2. The Balaban J connectivity index is 2.21. The van der Waals surface area contributed by atoms with Crippen LogP contribution in [0, 0.1) is 6.92 Å². The van der Waals surface area contributed by atoms with E-state index in [-0.39, 0.29) is 31.3 Å². The number of carbonyl (C=O) groups is 2. The molecule has 0 saturated heterocycles. The van der Waals surface area contributed by atoms with E-state index in [1.165, 1.54) is 4.31 Å². The molecule has 2 aromatic rings. The summed E-state index contributed by atoms with van der Waals surface area (Å²) < 4.78 is 31.5. The van der Waals surface area contributed by atoms with Crippen LogP contribution in [0.3, 0.4) is 0 Å². The number of benzene rings is 2. The molecule has 2 rings (SSSR count). The molecule has 0 unspecified atom stereocenters. The molecular formula is C27H39N3O5S. The molecule has 9 heteroatoms. The number of hydrogen-bond donors (Lipinski definition) is 1. The van der Waals surface area contributed by atoms with Gasteiger partial charge in [-0.1, -0.05) is 43.7 Å². The van der Waals surface area contributed by atoms with Gasteiger partial charge in [-0.3, -0.25) is 13.9 Å². The number of methoxy groups -OCH3 is 1. The van der Waals surface area contributed by atoms with E-state index >= 15 is 0 Å². The number of sulfonamides is 1. The van der Waals surface area contributed by atoms with E-state index < -0.39 is 16.1 Å². The van der Waals surface area contributed by atoms with Crippen molar-refractivity contribution < 1.29 is 22.7 Å². The van der Waals surface area contributed by atoms with Crippen molar-refractivity contribution >= 4 is 27.5 Å². The van der Waals surface area contributed by atoms with Gasteiger partial charge in [0.2, 0.25) is 21.8 Å². The number of aryl methyl sites for hydroxylation is 1. The number of carbonyl (C=O) groups excluding carboxylic acids is 2. The first-order chi connectivity index (χ1) is 17.1. The van der Waals surface area contributed by atoms with Crippen molar-refractivity contribution in [2.24, 2.45) is 0 Å². The third-order valence-electron chi connectivity index (χ3n) is 5.90. The highest BCUT2D eigenvalue weighted by molar-refractivity contribution is 7.92. The zero-order valence-corrected chi connectivity index (χ0v) is 22.8. The van der Waals surface area contributed by atoms with Gasteiger partial charge < -0.3 is 15.0 Å². The highest BCUT2D eigenvalue weighted by Crippen LogP contribution is 2.21. The van der Waals surface area contributed by atoms with Crippen LogP contribution in [-0.4, -0.2) is 57.6 Å². The summed E-state index contributed by atoms with van der Waals surface area (Å²) in [6, 6.07) is 14.0. The third-order valence-corrected chi connectivity index (χ3v) is 7.09. The highest BCUT2D eigenvalue weighted by Gasteiger charge is 2.28. The maximum Gasteiger partial charge on any atom is 0.242 e. The lowest BCUT2D eigenvalue weighted by atomic mass is 10.1. The second kappa shape index (κ2) is 13.9. The van der Waals surface area contributed by atoms with Crippen molar-refractivity contribution in [3.63, 3.8) is 0 Å². The molecule has 0 aromatic heterocycles. The predicted molar refractivity (Wildman–Crippen MR) is 144 cm³/mol. The summed E-state index contributed by atoms with van der Waals surface area (Å²) in [6.45, 7) is 6.75. The van der Waals surface area contributed by atoms with Gasteiger partial charge >= 0.3 is 0 Å². The molecule has 2 amide bonds. The van der Waals surface area contributed by atoms with Crippen molar-refractivity contribution in [2.45, 2.75) is 59.0 Å². The summed E-state index contributed by atoms with van der Waals surface area (Å²) in [5.41, 5.74) is 2.44. The molecule has 8 nitrogen and oxygen atoms in total. The van der Waals surface area contributed by atoms with Crippen molar-refractivity contribution in [3.05, 3.63) is 59.7 Å². The number of nitrogens with zero attached hydrogens (tertiary/aromatic N) is 2. The van der Waals surface area contributed by atoms with Crippen LogP contribution in [0.4, 0.5) is 5.69 Å². The Labute approximate surface area is 215 Å². The molecule has 0 aliphatic heterocycles. The van der Waals surface area contributed by atoms with Crippen LogP contribution in [0.1, 0.15) is 50.7 Å². The number of amides is 2. The number of rotatable bonds is 14. The summed E-state index contributed by atoms with van der Waals surface area (Å²) in [4.78, 5) is 27.9. The zero-order valence-electron chi connectivity index (χ0n) is 22.0. The van der Waals surface area contributed by atoms with E-state index in [0.717, 1.165) is 23.8 Å². The van der Waals surface area contributed by atoms with Crippen LogP contribution in [0.5, 0.6) is 5.75 Å². The average Bonchev–Trinajstić information content (AvgIpc) is 2.85. The second-order valence-electron chi connectivity index (χ2n) is 8.86. The molecule has 0 bridgehead atoms. The Hall–Kier alpha value is -3.07. The summed E-state index contributed by atoms with van der Waals surface area (Å²) in [7, 11) is -1.94. The minimum absolute atomic E-state index is 0.111. The topological polar surface area (TPSA) is 96.0 Å². The molecule has 0 saturated carbocycles. The standard InChI is InChI=1S/C27H39N3O5S/c1-6-17-28-27(32)25(7-2)29(20-22-10-8-11-24(19-22)35-4)26(31)12-9-18-30(36(5,33)34)23-15-13-21(3)14-16-23/h8,10-11,13-16,19,25H,6-7,9,12,17-18,20H2,1-5H3,(H,28,32)/t25-/m0/s1. The van der Waals surface area contributed by atoms with Crippen molar-refractivity contribution in [3.8, 4) is 5.75 Å². The Morgan fingerprint density at radius 1 is 1.08 bits per heavy atom. The molecule has 0 aliphatic rings. The van der Waals surface area contributed by atoms with Crippen molar-refractivity contribution in [1.82, 2.24) is 10.2 Å². The van der Waals surface area contributed by atoms with E-state index in [1.54, 1.807) is 24.1 Å². The minimum Gasteiger partial charge on any atom is -0.497 e. The zero-order chi connectivity index (χ0) is 26.7. The molecule has 1 atom stereocenters. The normalized spacial score (nSPS) is 12.0. The fraction of sp³-hybridized carbons (Fsp3) is 0.481. The Morgan fingerprint density at radius 2 is 1.78 bits per heavy atom. The third kappa shape index (κ3) is 8.55. The predicted octanol–water partition coefficient (Wildman–Crippen LogP) is 3.88. The largest absolute Gasteiger partial charge is 0.497 e. The van der Waals surface area contributed by atoms with Crippen LogP contribution < -0.4 is 14.4 Å². The lowest BCUT2D eigenvalue weighted by Gasteiger charge is -2.31. The van der Waals surface area contributed by atoms with Gasteiger partial charge in [0.25, 0.3) is 0 Å². The van der Waals surface area contributed by atoms with E-state index in [0.29, 0.717) is 30.8 Å². The van der Waals surface area contributed by atoms with Gasteiger partial charge in [0.15, 0.2) is 0 Å². The maximum absolute atomic E-state index is 13.4. The van der Waals surface area contributed by atoms with E-state index in [1.807, 2.05) is 57.2 Å². The van der Waals surface area contributed by atoms with Gasteiger partial charge in [0.05, 0.1) is 19.1 Å². The Bertz CT molecular complexity index is 1100. The summed E-state index contributed by atoms with van der Waals surface area (Å²) in [5, 5.41) is 2.90. The molecule has 0 spiro atoms. The van der Waals surface area contributed by atoms with E-state index in [4.69, 9.17) is 4.74 Å². The van der Waals surface area contributed by atoms with Gasteiger partial charge in [0.1, 0.15) is 11.8 Å². The molecule has 0 fully saturated rings. The first-order valence-electron chi connectivity index (χ1n) is 12.3. The van der Waals surface area contributed by atoms with E-state index in [2.05, 4.69) is 5.32 Å². The fourth-order valence-corrected chi connectivity index (χ4v) is 4.93. The Morgan fingerprint density at radius 3 is 2.36 bits per heavy atom. The van der Waals surface area contributed by atoms with Gasteiger partial charge in [0, 0.05) is 26.1 Å². The number of nitrogens with one attached hydrogen (secondary N) is 1. The van der Waals surface area contributed by atoms with Gasteiger partial charge in [-0.25, -0.2) is 8.42 Å². The van der Waals surface area contributed by atoms with Crippen molar-refractivity contribution in [1.29, 1.82) is 0 Å². The van der Waals surface area contributed by atoms with Crippen LogP contribution >= 0.6 is 0 Å². The lowest BCUT2D eigenvalue weighted by molar-refractivity contribution is -0.141. The number of anilines is 1. The highest BCUT2D eigenvalue weighted by atomic mass is 32.2. The first kappa shape index (κ1) is 29.2. The quantitative estimate of drug-likeness (QED) is 0.410. The van der Waals surface area contributed by atoms with Crippen LogP contribution in [0.15, 0.2) is 48.5 Å². The van der Waals surface area contributed by atoms with Gasteiger partial charge in [-0.05, 0) is 56.0 Å². The second-order valence-corrected chi connectivity index (χ2v) is 10.8. The lowest BCUT2D eigenvalue weighted by Crippen LogP contribution is -2.49. The van der Waals surface area contributed by atoms with E-state index in [9.17, 15) is 18.0 Å². The minimum atomic E-state index is -3.52. The van der Waals surface area contributed by atoms with Crippen molar-refractivity contribution in [2.75, 3.05) is 30.8 Å². The monoisotopic (exact) mass is 517 g/mol. The van der Waals surface area contributed by atoms with Gasteiger partial charge in [-0.2, -0.15) is 0 Å². The SMILES string of the molecule is CCCNC(=O)[C@H](CC)N(Cc1cccc(OC)c1)C(=O)CCCN(c1ccc(C)cc1)S(C)(=O)=O. The maximum atomic E-state index is 13.4. The smallest absolute Gasteiger partial charge is 0.242 e. The fourth-order valence-electron chi connectivity index (χ4n) is 3.97. The molecular weight excluding hydrogens is 478 g/mol. The van der Waals surface area contributed by atoms with Crippen LogP contribution in [0.2, 0.25) is 0 Å². The molecule has 1 N–H and O–H groups in total. The molecule has 2 aromatic carbocycles. The first-order valence-corrected chi connectivity index (χ1v) is 14.2. The molecule has 0 radical (unpaired) electrons. The molecule has 0 heterocycles. The number of ether oxygens (including phenoxy) is 1. The summed E-state index contributed by atoms with van der Waals surface area (Å²) in [6.07, 6.45) is 2.85. The number of hydrogen-bond acceptors (Lipinski definition) is 5. The van der Waals surface area contributed by atoms with Gasteiger partial charge in [-0.15, -0.1) is 0 Å².